The van der Waals surface area contributed by atoms with Crippen molar-refractivity contribution in [3.05, 3.63) is 34.6 Å². The van der Waals surface area contributed by atoms with Crippen molar-refractivity contribution >= 4 is 51.9 Å². The average Bonchev–Trinajstić information content (AvgIpc) is 2.83. The summed E-state index contributed by atoms with van der Waals surface area (Å²) in [6.07, 6.45) is 1.42. The van der Waals surface area contributed by atoms with Gasteiger partial charge in [-0.3, -0.25) is 4.57 Å². The van der Waals surface area contributed by atoms with E-state index in [4.69, 9.17) is 28.9 Å². The second-order valence-corrected chi connectivity index (χ2v) is 6.46. The van der Waals surface area contributed by atoms with Gasteiger partial charge in [0.2, 0.25) is 0 Å². The number of fused-ring (bicyclic) bond motifs is 1. The number of benzene rings is 1. The van der Waals surface area contributed by atoms with Gasteiger partial charge in [0.25, 0.3) is 0 Å². The molecule has 2 aromatic heterocycles. The lowest BCUT2D eigenvalue weighted by molar-refractivity contribution is 0.753. The van der Waals surface area contributed by atoms with E-state index in [1.165, 1.54) is 18.1 Å². The van der Waals surface area contributed by atoms with Gasteiger partial charge in [0.1, 0.15) is 6.33 Å². The highest BCUT2D eigenvalue weighted by molar-refractivity contribution is 7.99. The molecule has 5 nitrogen and oxygen atoms in total. The van der Waals surface area contributed by atoms with Gasteiger partial charge in [-0.25, -0.2) is 15.0 Å². The standard InChI is InChI=1S/C15H11Cl2N5S/c1-2-3-4-22-14-12(13(18)19-8-20-14)21-15(22)23-11-6-9(16)5-10(17)7-11/h5-8H,4H2,1H3,(H2,18,19,20). The van der Waals surface area contributed by atoms with E-state index in [-0.39, 0.29) is 0 Å². The lowest BCUT2D eigenvalue weighted by Gasteiger charge is -2.05. The van der Waals surface area contributed by atoms with Crippen molar-refractivity contribution in [1.82, 2.24) is 19.5 Å². The van der Waals surface area contributed by atoms with Crippen molar-refractivity contribution in [2.75, 3.05) is 5.73 Å². The number of nitrogens with zero attached hydrogens (tertiary/aromatic N) is 4. The van der Waals surface area contributed by atoms with Gasteiger partial charge in [0.15, 0.2) is 22.1 Å². The van der Waals surface area contributed by atoms with E-state index in [1.807, 2.05) is 16.7 Å². The Morgan fingerprint density at radius 1 is 1.22 bits per heavy atom. The van der Waals surface area contributed by atoms with Crippen LogP contribution in [0.15, 0.2) is 34.6 Å². The van der Waals surface area contributed by atoms with Crippen molar-refractivity contribution in [3.63, 3.8) is 0 Å². The summed E-state index contributed by atoms with van der Waals surface area (Å²) in [5.74, 6) is 6.22. The van der Waals surface area contributed by atoms with E-state index >= 15 is 0 Å². The quantitative estimate of drug-likeness (QED) is 0.714. The molecule has 0 spiro atoms. The first-order valence-electron chi connectivity index (χ1n) is 6.58. The highest BCUT2D eigenvalue weighted by Crippen LogP contribution is 2.33. The second kappa shape index (κ2) is 6.67. The zero-order chi connectivity index (χ0) is 16.4. The molecule has 0 aliphatic rings. The Hall–Kier alpha value is -1.94. The molecule has 116 valence electrons. The average molecular weight is 364 g/mol. The van der Waals surface area contributed by atoms with E-state index in [2.05, 4.69) is 26.8 Å². The fourth-order valence-electron chi connectivity index (χ4n) is 2.01. The molecule has 0 saturated heterocycles. The Balaban J connectivity index is 2.11. The smallest absolute Gasteiger partial charge is 0.176 e. The van der Waals surface area contributed by atoms with Crippen LogP contribution in [0, 0.1) is 11.8 Å². The van der Waals surface area contributed by atoms with E-state index in [1.54, 1.807) is 13.0 Å². The molecule has 3 aromatic rings. The lowest BCUT2D eigenvalue weighted by atomic mass is 10.4. The van der Waals surface area contributed by atoms with Crippen LogP contribution in [0.5, 0.6) is 0 Å². The lowest BCUT2D eigenvalue weighted by Crippen LogP contribution is -2.00. The Labute approximate surface area is 147 Å². The number of hydrogen-bond acceptors (Lipinski definition) is 5. The molecule has 0 amide bonds. The van der Waals surface area contributed by atoms with E-state index < -0.39 is 0 Å². The van der Waals surface area contributed by atoms with Crippen LogP contribution in [0.4, 0.5) is 5.82 Å². The fourth-order valence-corrected chi connectivity index (χ4v) is 3.64. The molecule has 23 heavy (non-hydrogen) atoms. The first kappa shape index (κ1) is 15.9. The van der Waals surface area contributed by atoms with Gasteiger partial charge in [-0.2, -0.15) is 0 Å². The molecule has 0 bridgehead atoms. The molecule has 1 aromatic carbocycles. The summed E-state index contributed by atoms with van der Waals surface area (Å²) in [4.78, 5) is 13.7. The Kier molecular flexibility index (Phi) is 4.62. The predicted molar refractivity (Wildman–Crippen MR) is 93.8 cm³/mol. The minimum absolute atomic E-state index is 0.337. The third-order valence-corrected chi connectivity index (χ3v) is 4.39. The first-order chi connectivity index (χ1) is 11.1. The topological polar surface area (TPSA) is 69.6 Å². The third-order valence-electron chi connectivity index (χ3n) is 2.98. The highest BCUT2D eigenvalue weighted by atomic mass is 35.5. The molecule has 2 N–H and O–H groups in total. The number of rotatable bonds is 3. The van der Waals surface area contributed by atoms with Crippen LogP contribution in [0.2, 0.25) is 10.0 Å². The molecule has 0 unspecified atom stereocenters. The van der Waals surface area contributed by atoms with Crippen molar-refractivity contribution in [2.24, 2.45) is 0 Å². The second-order valence-electron chi connectivity index (χ2n) is 4.55. The molecule has 2 heterocycles. The van der Waals surface area contributed by atoms with Crippen molar-refractivity contribution in [2.45, 2.75) is 23.5 Å². The molecule has 0 aliphatic heterocycles. The van der Waals surface area contributed by atoms with Crippen LogP contribution in [0.1, 0.15) is 6.92 Å². The van der Waals surface area contributed by atoms with Gasteiger partial charge in [0.05, 0.1) is 6.54 Å². The van der Waals surface area contributed by atoms with E-state index in [0.29, 0.717) is 38.7 Å². The summed E-state index contributed by atoms with van der Waals surface area (Å²) < 4.78 is 1.89. The number of aromatic nitrogens is 4. The number of anilines is 1. The summed E-state index contributed by atoms with van der Waals surface area (Å²) >= 11 is 13.5. The molecular weight excluding hydrogens is 353 g/mol. The summed E-state index contributed by atoms with van der Waals surface area (Å²) in [5.41, 5.74) is 7.10. The Bertz CT molecular complexity index is 922. The van der Waals surface area contributed by atoms with Crippen molar-refractivity contribution < 1.29 is 0 Å². The maximum absolute atomic E-state index is 6.05. The van der Waals surface area contributed by atoms with Crippen LogP contribution in [-0.2, 0) is 6.54 Å². The molecule has 8 heteroatoms. The zero-order valence-electron chi connectivity index (χ0n) is 12.0. The molecule has 0 aliphatic carbocycles. The number of hydrogen-bond donors (Lipinski definition) is 1. The molecule has 0 radical (unpaired) electrons. The number of halogens is 2. The number of nitrogen functional groups attached to an aromatic ring is 1. The summed E-state index contributed by atoms with van der Waals surface area (Å²) in [7, 11) is 0. The SMILES string of the molecule is CC#CCn1c(Sc2cc(Cl)cc(Cl)c2)nc2c(N)ncnc21. The van der Waals surface area contributed by atoms with Crippen LogP contribution >= 0.6 is 35.0 Å². The van der Waals surface area contributed by atoms with Gasteiger partial charge in [-0.1, -0.05) is 40.9 Å². The minimum Gasteiger partial charge on any atom is -0.382 e. The maximum Gasteiger partial charge on any atom is 0.176 e. The van der Waals surface area contributed by atoms with E-state index in [0.717, 1.165) is 4.90 Å². The van der Waals surface area contributed by atoms with Crippen LogP contribution in [0.25, 0.3) is 11.2 Å². The molecular formula is C15H11Cl2N5S. The number of imidazole rings is 1. The molecule has 0 fully saturated rings. The van der Waals surface area contributed by atoms with Gasteiger partial charge in [-0.05, 0) is 25.1 Å². The number of nitrogens with two attached hydrogens (primary N) is 1. The molecule has 0 atom stereocenters. The van der Waals surface area contributed by atoms with Crippen LogP contribution in [0.3, 0.4) is 0 Å². The van der Waals surface area contributed by atoms with Crippen LogP contribution < -0.4 is 5.73 Å². The fraction of sp³-hybridized carbons (Fsp3) is 0.133. The zero-order valence-corrected chi connectivity index (χ0v) is 14.4. The minimum atomic E-state index is 0.337. The van der Waals surface area contributed by atoms with Gasteiger partial charge < -0.3 is 5.73 Å². The summed E-state index contributed by atoms with van der Waals surface area (Å²) in [6.45, 7) is 2.24. The van der Waals surface area contributed by atoms with Crippen LogP contribution in [-0.4, -0.2) is 19.5 Å². The highest BCUT2D eigenvalue weighted by Gasteiger charge is 2.15. The Morgan fingerprint density at radius 3 is 2.65 bits per heavy atom. The Morgan fingerprint density at radius 2 is 1.96 bits per heavy atom. The van der Waals surface area contributed by atoms with Gasteiger partial charge in [-0.15, -0.1) is 5.92 Å². The molecule has 0 saturated carbocycles. The van der Waals surface area contributed by atoms with Crippen molar-refractivity contribution in [3.8, 4) is 11.8 Å². The van der Waals surface area contributed by atoms with Gasteiger partial charge in [0, 0.05) is 14.9 Å². The maximum atomic E-state index is 6.05. The monoisotopic (exact) mass is 363 g/mol. The largest absolute Gasteiger partial charge is 0.382 e. The summed E-state index contributed by atoms with van der Waals surface area (Å²) in [5, 5.41) is 1.83. The normalized spacial score (nSPS) is 10.6. The summed E-state index contributed by atoms with van der Waals surface area (Å²) in [6, 6.07) is 5.33. The van der Waals surface area contributed by atoms with Gasteiger partial charge >= 0.3 is 0 Å². The molecule has 3 rings (SSSR count). The first-order valence-corrected chi connectivity index (χ1v) is 8.16. The third kappa shape index (κ3) is 3.37. The van der Waals surface area contributed by atoms with Crippen molar-refractivity contribution in [1.29, 1.82) is 0 Å². The predicted octanol–water partition coefficient (Wildman–Crippen LogP) is 3.89. The van der Waals surface area contributed by atoms with E-state index in [9.17, 15) is 0 Å².